The Kier molecular flexibility index (Phi) is 12.9. The van der Waals surface area contributed by atoms with Crippen LogP contribution >= 0.6 is 19.4 Å². The van der Waals surface area contributed by atoms with E-state index in [0.29, 0.717) is 0 Å². The molecule has 224 valence electrons. The van der Waals surface area contributed by atoms with Crippen LogP contribution in [0.1, 0.15) is 12.8 Å². The monoisotopic (exact) mass is 658 g/mol. The van der Waals surface area contributed by atoms with Crippen LogP contribution in [0.3, 0.4) is 0 Å². The first-order chi connectivity index (χ1) is 15.9. The van der Waals surface area contributed by atoms with Crippen molar-refractivity contribution in [1.29, 1.82) is 0 Å². The summed E-state index contributed by atoms with van der Waals surface area (Å²) in [6.45, 7) is -1.73. The Hall–Kier alpha value is 0.170. The Balaban J connectivity index is 0. The van der Waals surface area contributed by atoms with Gasteiger partial charge in [-0.15, -0.1) is 11.6 Å². The van der Waals surface area contributed by atoms with Crippen LogP contribution in [-0.2, 0) is 13.6 Å². The minimum atomic E-state index is -8.66. The first kappa shape index (κ1) is 40.3. The number of aliphatic hydroxyl groups is 1. The number of halogens is 18. The van der Waals surface area contributed by atoms with E-state index in [1.807, 2.05) is 0 Å². The quantitative estimate of drug-likeness (QED) is 0.135. The van der Waals surface area contributed by atoms with Gasteiger partial charge < -0.3 is 14.5 Å². The van der Waals surface area contributed by atoms with E-state index < -0.39 is 87.1 Å². The zero-order valence-electron chi connectivity index (χ0n) is 17.7. The van der Waals surface area contributed by atoms with Crippen LogP contribution in [0.15, 0.2) is 0 Å². The topological polar surface area (TPSA) is 78.8 Å². The maximum Gasteiger partial charge on any atom is 1.00 e. The summed E-state index contributed by atoms with van der Waals surface area (Å²) in [6.07, 6.45) is -22.1. The predicted molar refractivity (Wildman–Crippen MR) is 81.3 cm³/mol. The SMILES string of the molecule is O=P([O-])(OCC(O)CCl)OC(F)(F)C(F)(F)C(F)(F)C(F)(F)C(F)(F)C(F)(F)C(F)(F)CCC(F)(F)F.[Na+]. The third kappa shape index (κ3) is 7.92. The molecule has 2 atom stereocenters. The van der Waals surface area contributed by atoms with E-state index in [-0.39, 0.29) is 29.6 Å². The molecule has 0 aliphatic heterocycles. The van der Waals surface area contributed by atoms with E-state index in [1.54, 1.807) is 0 Å². The maximum atomic E-state index is 13.6. The molecule has 5 nitrogen and oxygen atoms in total. The Bertz CT molecular complexity index is 840. The number of phosphoric acid groups is 1. The van der Waals surface area contributed by atoms with Gasteiger partial charge in [-0.1, -0.05) is 0 Å². The van der Waals surface area contributed by atoms with Crippen LogP contribution in [-0.4, -0.2) is 71.5 Å². The zero-order chi connectivity index (χ0) is 30.3. The van der Waals surface area contributed by atoms with Gasteiger partial charge in [-0.3, -0.25) is 4.57 Å². The molecule has 0 aliphatic rings. The molecule has 0 aliphatic carbocycles. The first-order valence-electron chi connectivity index (χ1n) is 8.48. The van der Waals surface area contributed by atoms with Crippen molar-refractivity contribution in [3.05, 3.63) is 0 Å². The second kappa shape index (κ2) is 12.2. The normalized spacial score (nSPS) is 17.6. The molecule has 0 aromatic rings. The number of alkyl halides is 18. The number of phosphoric ester groups is 1. The van der Waals surface area contributed by atoms with Crippen molar-refractivity contribution in [1.82, 2.24) is 0 Å². The predicted octanol–water partition coefficient (Wildman–Crippen LogP) is 2.84. The van der Waals surface area contributed by atoms with Crippen LogP contribution in [0.25, 0.3) is 0 Å². The Morgan fingerprint density at radius 1 is 0.711 bits per heavy atom. The summed E-state index contributed by atoms with van der Waals surface area (Å²) in [6, 6.07) is 0. The largest absolute Gasteiger partial charge is 1.00 e. The van der Waals surface area contributed by atoms with E-state index >= 15 is 0 Å². The van der Waals surface area contributed by atoms with Gasteiger partial charge in [0.1, 0.15) is 0 Å². The van der Waals surface area contributed by atoms with Crippen molar-refractivity contribution in [3.63, 3.8) is 0 Å². The molecule has 0 aromatic heterocycles. The van der Waals surface area contributed by atoms with Gasteiger partial charge in [0.15, 0.2) is 0 Å². The average molecular weight is 659 g/mol. The Morgan fingerprint density at radius 3 is 1.45 bits per heavy atom. The molecule has 0 rings (SSSR count). The Labute approximate surface area is 226 Å². The van der Waals surface area contributed by atoms with E-state index in [2.05, 4.69) is 9.05 Å². The van der Waals surface area contributed by atoms with Gasteiger partial charge in [-0.05, 0) is 0 Å². The molecule has 0 aromatic carbocycles. The maximum absolute atomic E-state index is 13.6. The molecule has 0 heterocycles. The molecule has 0 radical (unpaired) electrons. The van der Waals surface area contributed by atoms with Crippen LogP contribution in [0.5, 0.6) is 0 Å². The van der Waals surface area contributed by atoms with Crippen molar-refractivity contribution in [2.24, 2.45) is 0 Å². The van der Waals surface area contributed by atoms with Gasteiger partial charge in [0.05, 0.1) is 18.6 Å². The Morgan fingerprint density at radius 2 is 1.08 bits per heavy atom. The zero-order valence-corrected chi connectivity index (χ0v) is 21.4. The summed E-state index contributed by atoms with van der Waals surface area (Å²) in [5.74, 6) is -50.0. The molecular weight excluding hydrogens is 649 g/mol. The third-order valence-corrected chi connectivity index (χ3v) is 5.23. The van der Waals surface area contributed by atoms with Crippen LogP contribution in [0, 0.1) is 0 Å². The van der Waals surface area contributed by atoms with Gasteiger partial charge in [0.2, 0.25) is 0 Å². The van der Waals surface area contributed by atoms with Gasteiger partial charge >= 0.3 is 77.4 Å². The molecular formula is C13H10ClF17NaO5P. The molecule has 0 bridgehead atoms. The third-order valence-electron chi connectivity index (χ3n) is 3.95. The van der Waals surface area contributed by atoms with E-state index in [0.717, 1.165) is 0 Å². The standard InChI is InChI=1S/C13H11ClF17O5P.Na/c14-3-5(32)4-35-37(33,34)36-13(30,31)12(28,29)11(26,27)10(24,25)9(22,23)8(20,21)6(15,16)1-2-7(17,18)19;/h5,32H,1-4H2,(H,33,34);/q;+1/p-1. The summed E-state index contributed by atoms with van der Waals surface area (Å²) in [5.41, 5.74) is 0. The second-order valence-corrected chi connectivity index (χ2v) is 8.49. The van der Waals surface area contributed by atoms with Gasteiger partial charge in [0, 0.05) is 12.8 Å². The van der Waals surface area contributed by atoms with Gasteiger partial charge in [0.25, 0.3) is 7.82 Å². The van der Waals surface area contributed by atoms with Crippen molar-refractivity contribution in [2.45, 2.75) is 66.8 Å². The van der Waals surface area contributed by atoms with Crippen LogP contribution in [0.2, 0.25) is 0 Å². The summed E-state index contributed by atoms with van der Waals surface area (Å²) < 4.78 is 241. The number of hydrogen-bond acceptors (Lipinski definition) is 5. The number of aliphatic hydroxyl groups excluding tert-OH is 1. The van der Waals surface area contributed by atoms with Crippen molar-refractivity contribution in [3.8, 4) is 0 Å². The molecule has 25 heteroatoms. The minimum absolute atomic E-state index is 0. The van der Waals surface area contributed by atoms with Crippen LogP contribution < -0.4 is 34.5 Å². The molecule has 0 amide bonds. The van der Waals surface area contributed by atoms with E-state index in [1.165, 1.54) is 0 Å². The smallest absolute Gasteiger partial charge is 0.756 e. The first-order valence-corrected chi connectivity index (χ1v) is 10.5. The van der Waals surface area contributed by atoms with Gasteiger partial charge in [-0.25, -0.2) is 4.52 Å². The fourth-order valence-corrected chi connectivity index (χ4v) is 2.80. The minimum Gasteiger partial charge on any atom is -0.756 e. The molecule has 0 spiro atoms. The molecule has 0 saturated heterocycles. The molecule has 38 heavy (non-hydrogen) atoms. The number of hydrogen-bond donors (Lipinski definition) is 1. The average Bonchev–Trinajstić information content (AvgIpc) is 2.68. The van der Waals surface area contributed by atoms with Crippen LogP contribution in [0.4, 0.5) is 74.6 Å². The fraction of sp³-hybridized carbons (Fsp3) is 1.00. The summed E-state index contributed by atoms with van der Waals surface area (Å²) in [5, 5.41) is 8.82. The van der Waals surface area contributed by atoms with Gasteiger partial charge in [-0.2, -0.15) is 74.6 Å². The van der Waals surface area contributed by atoms with Crippen molar-refractivity contribution in [2.75, 3.05) is 12.5 Å². The molecule has 0 fully saturated rings. The van der Waals surface area contributed by atoms with E-state index in [9.17, 15) is 84.1 Å². The van der Waals surface area contributed by atoms with E-state index in [4.69, 9.17) is 16.7 Å². The summed E-state index contributed by atoms with van der Waals surface area (Å²) >= 11 is 4.90. The van der Waals surface area contributed by atoms with Crippen molar-refractivity contribution < 1.29 is 128 Å². The molecule has 1 N–H and O–H groups in total. The fourth-order valence-electron chi connectivity index (χ4n) is 1.91. The van der Waals surface area contributed by atoms with Crippen molar-refractivity contribution >= 4 is 19.4 Å². The summed E-state index contributed by atoms with van der Waals surface area (Å²) in [7, 11) is -7.06. The number of rotatable bonds is 14. The summed E-state index contributed by atoms with van der Waals surface area (Å²) in [4.78, 5) is 11.1. The second-order valence-electron chi connectivity index (χ2n) is 6.85. The molecule has 0 saturated carbocycles. The molecule has 2 unspecified atom stereocenters.